The first-order valence-electron chi connectivity index (χ1n) is 6.40. The van der Waals surface area contributed by atoms with Crippen LogP contribution in [0.3, 0.4) is 0 Å². The van der Waals surface area contributed by atoms with Gasteiger partial charge in [-0.1, -0.05) is 23.2 Å². The third-order valence-electron chi connectivity index (χ3n) is 2.89. The lowest BCUT2D eigenvalue weighted by Crippen LogP contribution is -2.29. The van der Waals surface area contributed by atoms with Gasteiger partial charge in [0.25, 0.3) is 0 Å². The predicted molar refractivity (Wildman–Crippen MR) is 82.3 cm³/mol. The monoisotopic (exact) mass is 314 g/mol. The van der Waals surface area contributed by atoms with Crippen LogP contribution in [0.5, 0.6) is 0 Å². The lowest BCUT2D eigenvalue weighted by molar-refractivity contribution is -0.119. The van der Waals surface area contributed by atoms with Crippen LogP contribution in [-0.2, 0) is 4.79 Å². The van der Waals surface area contributed by atoms with Crippen molar-refractivity contribution >= 4 is 40.6 Å². The zero-order valence-electron chi connectivity index (χ0n) is 10.9. The van der Waals surface area contributed by atoms with Gasteiger partial charge in [-0.3, -0.25) is 9.80 Å². The number of rotatable bonds is 4. The Balaban J connectivity index is 1.99. The topological polar surface area (TPSA) is 70.7 Å². The Morgan fingerprint density at radius 1 is 1.40 bits per heavy atom. The summed E-state index contributed by atoms with van der Waals surface area (Å²) < 4.78 is 0. The highest BCUT2D eigenvalue weighted by Gasteiger charge is 2.18. The van der Waals surface area contributed by atoms with Gasteiger partial charge in [-0.05, 0) is 31.2 Å². The summed E-state index contributed by atoms with van der Waals surface area (Å²) in [5.74, 6) is 0.614. The first kappa shape index (κ1) is 15.1. The van der Waals surface area contributed by atoms with E-state index in [0.717, 1.165) is 5.69 Å². The van der Waals surface area contributed by atoms with Crippen molar-refractivity contribution in [3.63, 3.8) is 0 Å². The van der Waals surface area contributed by atoms with E-state index in [4.69, 9.17) is 28.9 Å². The largest absolute Gasteiger partial charge is 0.330 e. The molecule has 0 saturated heterocycles. The van der Waals surface area contributed by atoms with Crippen LogP contribution in [0, 0.1) is 0 Å². The number of nitrogens with one attached hydrogen (secondary N) is 1. The first-order valence-corrected chi connectivity index (χ1v) is 7.15. The molecule has 0 bridgehead atoms. The predicted octanol–water partition coefficient (Wildman–Crippen LogP) is 2.37. The van der Waals surface area contributed by atoms with Crippen LogP contribution in [0.25, 0.3) is 0 Å². The molecule has 20 heavy (non-hydrogen) atoms. The molecule has 1 aliphatic rings. The molecule has 1 heterocycles. The normalized spacial score (nSPS) is 14.3. The van der Waals surface area contributed by atoms with Crippen molar-refractivity contribution < 1.29 is 4.79 Å². The molecule has 0 spiro atoms. The summed E-state index contributed by atoms with van der Waals surface area (Å²) in [6.45, 7) is 1.21. The summed E-state index contributed by atoms with van der Waals surface area (Å²) in [6, 6.07) is 5.33. The lowest BCUT2D eigenvalue weighted by Gasteiger charge is -2.13. The molecule has 1 aromatic rings. The molecule has 1 aliphatic heterocycles. The van der Waals surface area contributed by atoms with Crippen LogP contribution in [-0.4, -0.2) is 24.8 Å². The molecule has 1 aromatic carbocycles. The van der Waals surface area contributed by atoms with Crippen LogP contribution in [0.2, 0.25) is 10.0 Å². The number of carbonyl (C=O) groups is 1. The number of benzene rings is 1. The second-order valence-electron chi connectivity index (χ2n) is 4.46. The first-order chi connectivity index (χ1) is 9.60. The maximum Gasteiger partial charge on any atom is 0.225 e. The second kappa shape index (κ2) is 6.92. The van der Waals surface area contributed by atoms with Gasteiger partial charge in [-0.15, -0.1) is 0 Å². The van der Waals surface area contributed by atoms with E-state index in [1.807, 2.05) is 6.07 Å². The zero-order chi connectivity index (χ0) is 14.5. The van der Waals surface area contributed by atoms with Crippen LogP contribution >= 0.6 is 23.2 Å². The van der Waals surface area contributed by atoms with Crippen molar-refractivity contribution in [2.24, 2.45) is 10.8 Å². The van der Waals surface area contributed by atoms with Crippen LogP contribution in [0.15, 0.2) is 23.3 Å². The third kappa shape index (κ3) is 3.85. The molecular formula is C13H16Cl2N4O. The molecule has 0 fully saturated rings. The molecule has 0 unspecified atom stereocenters. The summed E-state index contributed by atoms with van der Waals surface area (Å²) in [6.07, 6.45) is 1.78. The Morgan fingerprint density at radius 3 is 2.90 bits per heavy atom. The van der Waals surface area contributed by atoms with E-state index in [-0.39, 0.29) is 5.91 Å². The van der Waals surface area contributed by atoms with Gasteiger partial charge in [0.05, 0.1) is 15.7 Å². The Bertz CT molecular complexity index is 533. The quantitative estimate of drug-likeness (QED) is 0.896. The standard InChI is InChI=1S/C13H16Cl2N4O/c14-10-4-3-9(8-11(10)15)19-7-5-12(18-19)17-13(20)2-1-6-16/h3-4,8H,1-2,5-7,16H2,(H,17,18,20). The molecule has 0 aromatic heterocycles. The fraction of sp³-hybridized carbons (Fsp3) is 0.385. The number of amides is 1. The highest BCUT2D eigenvalue weighted by molar-refractivity contribution is 6.42. The highest BCUT2D eigenvalue weighted by Crippen LogP contribution is 2.28. The fourth-order valence-electron chi connectivity index (χ4n) is 1.86. The molecule has 3 N–H and O–H groups in total. The number of hydrogen-bond acceptors (Lipinski definition) is 4. The molecule has 5 nitrogen and oxygen atoms in total. The zero-order valence-corrected chi connectivity index (χ0v) is 12.4. The van der Waals surface area contributed by atoms with E-state index in [1.165, 1.54) is 0 Å². The van der Waals surface area contributed by atoms with Crippen molar-refractivity contribution in [1.29, 1.82) is 0 Å². The number of nitrogens with zero attached hydrogens (tertiary/aromatic N) is 2. The summed E-state index contributed by atoms with van der Waals surface area (Å²) in [5.41, 5.74) is 6.22. The average molecular weight is 315 g/mol. The van der Waals surface area contributed by atoms with Crippen molar-refractivity contribution in [3.8, 4) is 0 Å². The molecule has 2 rings (SSSR count). The van der Waals surface area contributed by atoms with Crippen molar-refractivity contribution in [2.45, 2.75) is 19.3 Å². The number of halogens is 2. The SMILES string of the molecule is NCCCC(=O)NC1=NN(c2ccc(Cl)c(Cl)c2)CC1. The average Bonchev–Trinajstić information content (AvgIpc) is 2.88. The highest BCUT2D eigenvalue weighted by atomic mass is 35.5. The number of anilines is 1. The molecule has 0 radical (unpaired) electrons. The fourth-order valence-corrected chi connectivity index (χ4v) is 2.16. The van der Waals surface area contributed by atoms with Gasteiger partial charge in [-0.25, -0.2) is 0 Å². The molecule has 1 amide bonds. The van der Waals surface area contributed by atoms with Gasteiger partial charge in [0.2, 0.25) is 5.91 Å². The minimum absolute atomic E-state index is 0.0508. The van der Waals surface area contributed by atoms with Crippen molar-refractivity contribution in [2.75, 3.05) is 18.1 Å². The van der Waals surface area contributed by atoms with E-state index in [9.17, 15) is 4.79 Å². The van der Waals surface area contributed by atoms with Gasteiger partial charge < -0.3 is 11.1 Å². The van der Waals surface area contributed by atoms with Gasteiger partial charge in [0, 0.05) is 19.4 Å². The number of carbonyl (C=O) groups excluding carboxylic acids is 1. The van der Waals surface area contributed by atoms with Crippen LogP contribution in [0.4, 0.5) is 5.69 Å². The van der Waals surface area contributed by atoms with E-state index >= 15 is 0 Å². The maximum atomic E-state index is 11.6. The van der Waals surface area contributed by atoms with Gasteiger partial charge in [0.15, 0.2) is 0 Å². The van der Waals surface area contributed by atoms with Crippen molar-refractivity contribution in [1.82, 2.24) is 5.32 Å². The Labute approximate surface area is 127 Å². The van der Waals surface area contributed by atoms with Gasteiger partial charge >= 0.3 is 0 Å². The second-order valence-corrected chi connectivity index (χ2v) is 5.27. The summed E-state index contributed by atoms with van der Waals surface area (Å²) in [4.78, 5) is 11.6. The number of nitrogens with two attached hydrogens (primary N) is 1. The summed E-state index contributed by atoms with van der Waals surface area (Å²) >= 11 is 11.9. The van der Waals surface area contributed by atoms with Crippen LogP contribution in [0.1, 0.15) is 19.3 Å². The molecule has 108 valence electrons. The van der Waals surface area contributed by atoms with Gasteiger partial charge in [0.1, 0.15) is 5.84 Å². The summed E-state index contributed by atoms with van der Waals surface area (Å²) in [5, 5.41) is 9.94. The molecular weight excluding hydrogens is 299 g/mol. The van der Waals surface area contributed by atoms with E-state index in [1.54, 1.807) is 17.1 Å². The van der Waals surface area contributed by atoms with E-state index in [2.05, 4.69) is 10.4 Å². The van der Waals surface area contributed by atoms with E-state index < -0.39 is 0 Å². The number of amidine groups is 1. The minimum Gasteiger partial charge on any atom is -0.330 e. The Kier molecular flexibility index (Phi) is 5.23. The molecule has 0 atom stereocenters. The Morgan fingerprint density at radius 2 is 2.20 bits per heavy atom. The molecule has 7 heteroatoms. The Hall–Kier alpha value is -1.30. The van der Waals surface area contributed by atoms with E-state index in [0.29, 0.717) is 48.2 Å². The number of hydrazone groups is 1. The van der Waals surface area contributed by atoms with Gasteiger partial charge in [-0.2, -0.15) is 5.10 Å². The summed E-state index contributed by atoms with van der Waals surface area (Å²) in [7, 11) is 0. The molecule has 0 aliphatic carbocycles. The molecule has 0 saturated carbocycles. The smallest absolute Gasteiger partial charge is 0.225 e. The minimum atomic E-state index is -0.0508. The maximum absolute atomic E-state index is 11.6. The third-order valence-corrected chi connectivity index (χ3v) is 3.63. The van der Waals surface area contributed by atoms with Crippen molar-refractivity contribution in [3.05, 3.63) is 28.2 Å². The lowest BCUT2D eigenvalue weighted by atomic mass is 10.3. The number of hydrogen-bond donors (Lipinski definition) is 2. The van der Waals surface area contributed by atoms with Crippen LogP contribution < -0.4 is 16.1 Å².